The Labute approximate surface area is 94.2 Å². The van der Waals surface area contributed by atoms with Gasteiger partial charge in [0.05, 0.1) is 5.69 Å². The normalized spacial score (nSPS) is 12.1. The molecule has 0 atom stereocenters. The van der Waals surface area contributed by atoms with Crippen LogP contribution >= 0.6 is 0 Å². The van der Waals surface area contributed by atoms with Gasteiger partial charge in [-0.25, -0.2) is 16.8 Å². The van der Waals surface area contributed by atoms with E-state index in [2.05, 4.69) is 30.3 Å². The number of rotatable bonds is 1. The van der Waals surface area contributed by atoms with Gasteiger partial charge in [-0.2, -0.15) is 0 Å². The van der Waals surface area contributed by atoms with Crippen molar-refractivity contribution in [2.45, 2.75) is 6.42 Å². The quantitative estimate of drug-likeness (QED) is 0.477. The summed E-state index contributed by atoms with van der Waals surface area (Å²) in [7, 11) is 0. The lowest BCUT2D eigenvalue weighted by molar-refractivity contribution is 0.915. The van der Waals surface area contributed by atoms with Crippen molar-refractivity contribution in [3.8, 4) is 11.1 Å². The van der Waals surface area contributed by atoms with E-state index >= 15 is 0 Å². The fourth-order valence-electron chi connectivity index (χ4n) is 2.38. The van der Waals surface area contributed by atoms with Gasteiger partial charge in [0.1, 0.15) is 0 Å². The number of anilines is 1. The summed E-state index contributed by atoms with van der Waals surface area (Å²) in [5.74, 6) is 11.3. The molecule has 1 aliphatic rings. The Morgan fingerprint density at radius 2 is 1.62 bits per heavy atom. The highest BCUT2D eigenvalue weighted by Crippen LogP contribution is 2.40. The maximum atomic E-state index is 5.63. The maximum Gasteiger partial charge on any atom is 0.0738 e. The molecule has 0 aromatic heterocycles. The van der Waals surface area contributed by atoms with Crippen LogP contribution in [0.15, 0.2) is 42.5 Å². The molecule has 0 saturated carbocycles. The first-order chi connectivity index (χ1) is 7.77. The predicted octanol–water partition coefficient (Wildman–Crippen LogP) is 1.81. The molecule has 3 heteroatoms. The molecule has 16 heavy (non-hydrogen) atoms. The molecule has 1 aliphatic carbocycles. The lowest BCUT2D eigenvalue weighted by Gasteiger charge is -2.15. The molecule has 80 valence electrons. The Kier molecular flexibility index (Phi) is 1.96. The van der Waals surface area contributed by atoms with Crippen LogP contribution in [0.1, 0.15) is 11.1 Å². The molecule has 0 radical (unpaired) electrons. The van der Waals surface area contributed by atoms with Crippen LogP contribution in [0.2, 0.25) is 0 Å². The number of hydrogen-bond donors (Lipinski definition) is 2. The average Bonchev–Trinajstić information content (AvgIpc) is 2.67. The summed E-state index contributed by atoms with van der Waals surface area (Å²) >= 11 is 0. The minimum Gasteiger partial charge on any atom is -0.247 e. The maximum absolute atomic E-state index is 5.63. The Morgan fingerprint density at radius 1 is 0.875 bits per heavy atom. The Balaban J connectivity index is 2.24. The number of nitrogens with zero attached hydrogens (tertiary/aromatic N) is 1. The van der Waals surface area contributed by atoms with E-state index in [0.29, 0.717) is 0 Å². The van der Waals surface area contributed by atoms with Gasteiger partial charge in [0.2, 0.25) is 0 Å². The van der Waals surface area contributed by atoms with Gasteiger partial charge in [0, 0.05) is 6.42 Å². The molecule has 0 heterocycles. The molecule has 3 rings (SSSR count). The number of benzene rings is 2. The summed E-state index contributed by atoms with van der Waals surface area (Å²) in [5, 5.41) is 1.20. The zero-order chi connectivity index (χ0) is 11.1. The molecular formula is C13H13N3. The third-order valence-corrected chi connectivity index (χ3v) is 3.10. The fourth-order valence-corrected chi connectivity index (χ4v) is 2.38. The molecule has 0 amide bonds. The second-order valence-corrected chi connectivity index (χ2v) is 4.04. The first-order valence-corrected chi connectivity index (χ1v) is 5.27. The van der Waals surface area contributed by atoms with E-state index in [4.69, 9.17) is 11.7 Å². The van der Waals surface area contributed by atoms with E-state index in [0.717, 1.165) is 12.1 Å². The Hall–Kier alpha value is -1.84. The first-order valence-electron chi connectivity index (χ1n) is 5.27. The summed E-state index contributed by atoms with van der Waals surface area (Å²) in [4.78, 5) is 0. The van der Waals surface area contributed by atoms with Crippen LogP contribution in [0.25, 0.3) is 11.1 Å². The van der Waals surface area contributed by atoms with Crippen molar-refractivity contribution in [1.82, 2.24) is 0 Å². The van der Waals surface area contributed by atoms with E-state index in [9.17, 15) is 0 Å². The van der Waals surface area contributed by atoms with Gasteiger partial charge in [-0.05, 0) is 28.3 Å². The smallest absolute Gasteiger partial charge is 0.0738 e. The molecule has 4 N–H and O–H groups in total. The van der Waals surface area contributed by atoms with Gasteiger partial charge in [0.25, 0.3) is 0 Å². The molecule has 0 spiro atoms. The fraction of sp³-hybridized carbons (Fsp3) is 0.0769. The van der Waals surface area contributed by atoms with Crippen LogP contribution in [0.4, 0.5) is 5.69 Å². The van der Waals surface area contributed by atoms with E-state index in [1.807, 2.05) is 12.1 Å². The second-order valence-electron chi connectivity index (χ2n) is 4.04. The van der Waals surface area contributed by atoms with Crippen molar-refractivity contribution in [2.75, 3.05) is 5.12 Å². The largest absolute Gasteiger partial charge is 0.247 e. The van der Waals surface area contributed by atoms with Crippen molar-refractivity contribution in [3.63, 3.8) is 0 Å². The van der Waals surface area contributed by atoms with E-state index < -0.39 is 0 Å². The molecular weight excluding hydrogens is 198 g/mol. The van der Waals surface area contributed by atoms with E-state index in [-0.39, 0.29) is 0 Å². The highest BCUT2D eigenvalue weighted by atomic mass is 15.6. The van der Waals surface area contributed by atoms with Crippen LogP contribution < -0.4 is 16.8 Å². The van der Waals surface area contributed by atoms with Crippen LogP contribution in [-0.4, -0.2) is 0 Å². The van der Waals surface area contributed by atoms with Crippen molar-refractivity contribution >= 4 is 5.69 Å². The van der Waals surface area contributed by atoms with Crippen molar-refractivity contribution in [2.24, 2.45) is 11.7 Å². The van der Waals surface area contributed by atoms with Crippen LogP contribution in [0.3, 0.4) is 0 Å². The standard InChI is InChI=1S/C13H13N3/c14-16(15)13-7-3-6-11-10-5-2-1-4-9(10)8-12(11)13/h1-7H,8,14-15H2. The number of nitrogens with two attached hydrogens (primary N) is 2. The van der Waals surface area contributed by atoms with Gasteiger partial charge in [0.15, 0.2) is 0 Å². The molecule has 0 bridgehead atoms. The lowest BCUT2D eigenvalue weighted by Crippen LogP contribution is -2.38. The number of fused-ring (bicyclic) bond motifs is 3. The minimum atomic E-state index is 0.897. The summed E-state index contributed by atoms with van der Waals surface area (Å²) in [5.41, 5.74) is 5.99. The lowest BCUT2D eigenvalue weighted by atomic mass is 10.1. The van der Waals surface area contributed by atoms with Crippen molar-refractivity contribution < 1.29 is 0 Å². The number of hydrazine groups is 2. The monoisotopic (exact) mass is 211 g/mol. The minimum absolute atomic E-state index is 0.897. The van der Waals surface area contributed by atoms with Crippen LogP contribution in [0.5, 0.6) is 0 Å². The van der Waals surface area contributed by atoms with Gasteiger partial charge in [-0.3, -0.25) is 0 Å². The molecule has 2 aromatic rings. The van der Waals surface area contributed by atoms with Crippen molar-refractivity contribution in [3.05, 3.63) is 53.6 Å². The highest BCUT2D eigenvalue weighted by molar-refractivity contribution is 5.81. The average molecular weight is 211 g/mol. The third-order valence-electron chi connectivity index (χ3n) is 3.10. The second kappa shape index (κ2) is 3.33. The summed E-state index contributed by atoms with van der Waals surface area (Å²) in [6, 6.07) is 14.5. The van der Waals surface area contributed by atoms with E-state index in [1.165, 1.54) is 27.4 Å². The van der Waals surface area contributed by atoms with Gasteiger partial charge in [-0.1, -0.05) is 36.4 Å². The van der Waals surface area contributed by atoms with Gasteiger partial charge in [-0.15, -0.1) is 0 Å². The Morgan fingerprint density at radius 3 is 2.44 bits per heavy atom. The molecule has 3 nitrogen and oxygen atoms in total. The highest BCUT2D eigenvalue weighted by Gasteiger charge is 2.21. The molecule has 0 fully saturated rings. The zero-order valence-corrected chi connectivity index (χ0v) is 8.85. The molecule has 0 saturated heterocycles. The summed E-state index contributed by atoms with van der Waals surface area (Å²) in [6.45, 7) is 0. The van der Waals surface area contributed by atoms with Gasteiger partial charge >= 0.3 is 0 Å². The molecule has 0 aliphatic heterocycles. The first kappa shape index (κ1) is 9.39. The Bertz CT molecular complexity index is 547. The summed E-state index contributed by atoms with van der Waals surface area (Å²) in [6.07, 6.45) is 0.909. The predicted molar refractivity (Wildman–Crippen MR) is 65.5 cm³/mol. The van der Waals surface area contributed by atoms with Crippen LogP contribution in [0, 0.1) is 0 Å². The molecule has 2 aromatic carbocycles. The van der Waals surface area contributed by atoms with Gasteiger partial charge < -0.3 is 0 Å². The van der Waals surface area contributed by atoms with Crippen molar-refractivity contribution in [1.29, 1.82) is 0 Å². The summed E-state index contributed by atoms with van der Waals surface area (Å²) < 4.78 is 0. The topological polar surface area (TPSA) is 55.3 Å². The van der Waals surface area contributed by atoms with E-state index in [1.54, 1.807) is 0 Å². The molecule has 0 unspecified atom stereocenters. The van der Waals surface area contributed by atoms with Crippen LogP contribution in [-0.2, 0) is 6.42 Å². The zero-order valence-electron chi connectivity index (χ0n) is 8.85. The third kappa shape index (κ3) is 1.23. The number of hydrogen-bond acceptors (Lipinski definition) is 3. The SMILES string of the molecule is NN(N)c1cccc2c1Cc1ccccc1-2.